The first-order valence-corrected chi connectivity index (χ1v) is 6.31. The number of ketones is 1. The summed E-state index contributed by atoms with van der Waals surface area (Å²) in [6.07, 6.45) is 0. The van der Waals surface area contributed by atoms with E-state index < -0.39 is 0 Å². The molecule has 0 radical (unpaired) electrons. The van der Waals surface area contributed by atoms with Gasteiger partial charge in [-0.1, -0.05) is 13.8 Å². The molecular weight excluding hydrogens is 188 g/mol. The molecule has 5 atom stereocenters. The van der Waals surface area contributed by atoms with E-state index >= 15 is 0 Å². The molecule has 0 amide bonds. The van der Waals surface area contributed by atoms with Gasteiger partial charge < -0.3 is 0 Å². The molecule has 2 rings (SSSR count). The van der Waals surface area contributed by atoms with Gasteiger partial charge in [-0.25, -0.2) is 0 Å². The van der Waals surface area contributed by atoms with E-state index in [9.17, 15) is 4.79 Å². The third kappa shape index (κ3) is 1.31. The van der Waals surface area contributed by atoms with Gasteiger partial charge in [0.2, 0.25) is 0 Å². The smallest absolute Gasteiger partial charge is 0.143 e. The second kappa shape index (κ2) is 2.95. The highest BCUT2D eigenvalue weighted by Crippen LogP contribution is 2.58. The number of hydrogen-bond acceptors (Lipinski definition) is 3. The van der Waals surface area contributed by atoms with Crippen LogP contribution in [0, 0.1) is 5.92 Å². The average Bonchev–Trinajstić information content (AvgIpc) is 2.60. The number of carbonyl (C=O) groups excluding carboxylic acids is 1. The van der Waals surface area contributed by atoms with Gasteiger partial charge in [-0.05, 0) is 12.8 Å². The van der Waals surface area contributed by atoms with Gasteiger partial charge in [-0.2, -0.15) is 11.8 Å². The van der Waals surface area contributed by atoms with Crippen molar-refractivity contribution in [3.05, 3.63) is 0 Å². The lowest BCUT2D eigenvalue weighted by Gasteiger charge is -2.24. The van der Waals surface area contributed by atoms with E-state index in [0.29, 0.717) is 11.0 Å². The van der Waals surface area contributed by atoms with Crippen molar-refractivity contribution in [3.8, 4) is 0 Å². The minimum atomic E-state index is 0.265. The number of fused-ring (bicyclic) bond motifs is 1. The summed E-state index contributed by atoms with van der Waals surface area (Å²) in [5.74, 6) is 1.20. The fourth-order valence-electron chi connectivity index (χ4n) is 1.82. The van der Waals surface area contributed by atoms with E-state index in [2.05, 4.69) is 13.8 Å². The zero-order chi connectivity index (χ0) is 8.88. The first kappa shape index (κ1) is 8.95. The lowest BCUT2D eigenvalue weighted by Crippen LogP contribution is -2.29. The Hall–Kier alpha value is 0.370. The Kier molecular flexibility index (Phi) is 2.20. The third-order valence-electron chi connectivity index (χ3n) is 2.72. The van der Waals surface area contributed by atoms with Crippen molar-refractivity contribution in [2.45, 2.75) is 41.8 Å². The van der Waals surface area contributed by atoms with Crippen molar-refractivity contribution < 1.29 is 4.79 Å². The van der Waals surface area contributed by atoms with E-state index in [-0.39, 0.29) is 5.25 Å². The zero-order valence-electron chi connectivity index (χ0n) is 7.61. The largest absolute Gasteiger partial charge is 0.299 e. The predicted octanol–water partition coefficient (Wildman–Crippen LogP) is 2.20. The second-order valence-corrected chi connectivity index (χ2v) is 6.68. The standard InChI is InChI=1S/C9H14OS2/c1-4-7-8(4)12-9(5(2)10)6(3)11-7/h4,6-9H,1-3H3/t4?,6-,7?,8?,9?/m1/s1. The van der Waals surface area contributed by atoms with Crippen molar-refractivity contribution in [2.75, 3.05) is 0 Å². The molecule has 0 spiro atoms. The summed E-state index contributed by atoms with van der Waals surface area (Å²) >= 11 is 3.93. The average molecular weight is 202 g/mol. The maximum absolute atomic E-state index is 11.2. The van der Waals surface area contributed by atoms with Gasteiger partial charge in [0.1, 0.15) is 5.78 Å². The van der Waals surface area contributed by atoms with Crippen molar-refractivity contribution in [1.29, 1.82) is 0 Å². The molecule has 68 valence electrons. The molecule has 0 aromatic carbocycles. The van der Waals surface area contributed by atoms with Crippen molar-refractivity contribution >= 4 is 29.3 Å². The van der Waals surface area contributed by atoms with Crippen molar-refractivity contribution in [3.63, 3.8) is 0 Å². The Bertz CT molecular complexity index is 217. The summed E-state index contributed by atoms with van der Waals surface area (Å²) in [6.45, 7) is 6.21. The number of rotatable bonds is 1. The Balaban J connectivity index is 2.04. The molecule has 1 aliphatic heterocycles. The van der Waals surface area contributed by atoms with Gasteiger partial charge >= 0.3 is 0 Å². The summed E-state index contributed by atoms with van der Waals surface area (Å²) in [6, 6.07) is 0. The van der Waals surface area contributed by atoms with Crippen LogP contribution in [-0.2, 0) is 4.79 Å². The van der Waals surface area contributed by atoms with Crippen LogP contribution in [0.4, 0.5) is 0 Å². The Morgan fingerprint density at radius 1 is 1.17 bits per heavy atom. The van der Waals surface area contributed by atoms with Crippen LogP contribution in [0.15, 0.2) is 0 Å². The molecule has 1 aliphatic carbocycles. The highest BCUT2D eigenvalue weighted by atomic mass is 32.2. The lowest BCUT2D eigenvalue weighted by atomic mass is 10.2. The van der Waals surface area contributed by atoms with Crippen LogP contribution < -0.4 is 0 Å². The second-order valence-electron chi connectivity index (χ2n) is 3.80. The molecule has 3 heteroatoms. The number of Topliss-reactive ketones (excluding diaryl/α,β-unsaturated/α-hetero) is 1. The van der Waals surface area contributed by atoms with Crippen LogP contribution >= 0.6 is 23.5 Å². The summed E-state index contributed by atoms with van der Waals surface area (Å²) < 4.78 is 0. The van der Waals surface area contributed by atoms with E-state index in [1.54, 1.807) is 6.92 Å². The van der Waals surface area contributed by atoms with Gasteiger partial charge in [0.05, 0.1) is 5.25 Å². The Labute approximate surface area is 82.1 Å². The number of hydrogen-bond donors (Lipinski definition) is 0. The van der Waals surface area contributed by atoms with Gasteiger partial charge in [0.25, 0.3) is 0 Å². The molecule has 12 heavy (non-hydrogen) atoms. The summed E-state index contributed by atoms with van der Waals surface area (Å²) in [4.78, 5) is 11.2. The summed E-state index contributed by atoms with van der Waals surface area (Å²) in [7, 11) is 0. The normalized spacial score (nSPS) is 51.4. The minimum Gasteiger partial charge on any atom is -0.299 e. The Morgan fingerprint density at radius 3 is 2.33 bits per heavy atom. The molecule has 4 unspecified atom stereocenters. The van der Waals surface area contributed by atoms with Gasteiger partial charge in [0, 0.05) is 15.7 Å². The molecule has 1 nitrogen and oxygen atoms in total. The minimum absolute atomic E-state index is 0.265. The molecule has 2 fully saturated rings. The Morgan fingerprint density at radius 2 is 1.75 bits per heavy atom. The van der Waals surface area contributed by atoms with Crippen LogP contribution in [0.1, 0.15) is 20.8 Å². The maximum Gasteiger partial charge on any atom is 0.143 e. The number of thioether (sulfide) groups is 2. The fourth-order valence-corrected chi connectivity index (χ4v) is 5.73. The molecule has 1 heterocycles. The summed E-state index contributed by atoms with van der Waals surface area (Å²) in [5, 5.41) is 2.42. The van der Waals surface area contributed by atoms with Gasteiger partial charge in [-0.15, -0.1) is 11.8 Å². The zero-order valence-corrected chi connectivity index (χ0v) is 9.24. The maximum atomic E-state index is 11.2. The number of carbonyl (C=O) groups is 1. The first-order chi connectivity index (χ1) is 5.61. The molecule has 0 aromatic rings. The highest BCUT2D eigenvalue weighted by molar-refractivity contribution is 8.09. The molecule has 1 saturated carbocycles. The van der Waals surface area contributed by atoms with Crippen LogP contribution in [0.25, 0.3) is 0 Å². The van der Waals surface area contributed by atoms with E-state index in [1.165, 1.54) is 0 Å². The van der Waals surface area contributed by atoms with Crippen molar-refractivity contribution in [2.24, 2.45) is 5.92 Å². The summed E-state index contributed by atoms with van der Waals surface area (Å²) in [5.41, 5.74) is 0. The highest BCUT2D eigenvalue weighted by Gasteiger charge is 2.54. The van der Waals surface area contributed by atoms with Crippen LogP contribution in [0.2, 0.25) is 0 Å². The first-order valence-electron chi connectivity index (χ1n) is 4.42. The van der Waals surface area contributed by atoms with Gasteiger partial charge in [0.15, 0.2) is 0 Å². The van der Waals surface area contributed by atoms with Gasteiger partial charge in [-0.3, -0.25) is 4.79 Å². The molecule has 0 aromatic heterocycles. The molecule has 2 aliphatic rings. The molecule has 0 N–H and O–H groups in total. The van der Waals surface area contributed by atoms with E-state index in [1.807, 2.05) is 23.5 Å². The van der Waals surface area contributed by atoms with Crippen LogP contribution in [0.3, 0.4) is 0 Å². The predicted molar refractivity (Wildman–Crippen MR) is 55.9 cm³/mol. The molecular formula is C9H14OS2. The molecule has 0 bridgehead atoms. The van der Waals surface area contributed by atoms with E-state index in [0.717, 1.165) is 16.4 Å². The SMILES string of the molecule is CC(=O)C1SC2C(C)C2S[C@@H]1C. The van der Waals surface area contributed by atoms with E-state index in [4.69, 9.17) is 0 Å². The van der Waals surface area contributed by atoms with Crippen LogP contribution in [-0.4, -0.2) is 26.8 Å². The monoisotopic (exact) mass is 202 g/mol. The van der Waals surface area contributed by atoms with Crippen LogP contribution in [0.5, 0.6) is 0 Å². The lowest BCUT2D eigenvalue weighted by molar-refractivity contribution is -0.116. The topological polar surface area (TPSA) is 17.1 Å². The third-order valence-corrected chi connectivity index (χ3v) is 6.87. The quantitative estimate of drug-likeness (QED) is 0.649. The van der Waals surface area contributed by atoms with Crippen molar-refractivity contribution in [1.82, 2.24) is 0 Å². The fraction of sp³-hybridized carbons (Fsp3) is 0.889. The molecule has 1 saturated heterocycles.